The maximum absolute atomic E-state index is 11.1. The lowest BCUT2D eigenvalue weighted by Gasteiger charge is -2.15. The number of sulfonamides is 1. The van der Waals surface area contributed by atoms with Crippen molar-refractivity contribution < 1.29 is 8.42 Å². The smallest absolute Gasteiger partial charge is 0.211 e. The van der Waals surface area contributed by atoms with Crippen LogP contribution in [0.15, 0.2) is 0 Å². The molecule has 1 aliphatic heterocycles. The largest absolute Gasteiger partial charge is 0.330 e. The van der Waals surface area contributed by atoms with Gasteiger partial charge in [-0.2, -0.15) is 0 Å². The first kappa shape index (κ1) is 8.47. The van der Waals surface area contributed by atoms with E-state index in [-0.39, 0.29) is 0 Å². The quantitative estimate of drug-likeness (QED) is 0.612. The van der Waals surface area contributed by atoms with Gasteiger partial charge in [0.25, 0.3) is 0 Å². The van der Waals surface area contributed by atoms with Gasteiger partial charge in [0.1, 0.15) is 0 Å². The van der Waals surface area contributed by atoms with Crippen molar-refractivity contribution in [3.8, 4) is 0 Å². The second kappa shape index (κ2) is 2.43. The Morgan fingerprint density at radius 2 is 1.92 bits per heavy atom. The Bertz CT molecular complexity index is 276. The molecule has 1 saturated carbocycles. The molecule has 2 rings (SSSR count). The van der Waals surface area contributed by atoms with Crippen molar-refractivity contribution in [1.82, 2.24) is 4.31 Å². The van der Waals surface area contributed by atoms with E-state index in [0.29, 0.717) is 37.4 Å². The van der Waals surface area contributed by atoms with Crippen LogP contribution >= 0.6 is 0 Å². The minimum absolute atomic E-state index is 0.560. The third kappa shape index (κ3) is 1.16. The molecule has 0 aromatic rings. The first-order valence-corrected chi connectivity index (χ1v) is 6.04. The Morgan fingerprint density at radius 3 is 2.25 bits per heavy atom. The summed E-state index contributed by atoms with van der Waals surface area (Å²) in [4.78, 5) is 0. The van der Waals surface area contributed by atoms with E-state index in [0.717, 1.165) is 0 Å². The normalized spacial score (nSPS) is 41.3. The summed E-state index contributed by atoms with van der Waals surface area (Å²) in [6.07, 6.45) is 1.27. The van der Waals surface area contributed by atoms with Gasteiger partial charge in [-0.1, -0.05) is 0 Å². The SMILES string of the molecule is CS(=O)(=O)N1CC2C(CN)C2C1. The van der Waals surface area contributed by atoms with Crippen molar-refractivity contribution in [1.29, 1.82) is 0 Å². The zero-order chi connectivity index (χ0) is 8.93. The van der Waals surface area contributed by atoms with Crippen LogP contribution in [-0.2, 0) is 10.0 Å². The third-order valence-electron chi connectivity index (χ3n) is 3.08. The highest BCUT2D eigenvalue weighted by Gasteiger charge is 2.56. The molecule has 70 valence electrons. The molecule has 2 aliphatic rings. The molecule has 1 heterocycles. The molecule has 2 atom stereocenters. The summed E-state index contributed by atoms with van der Waals surface area (Å²) < 4.78 is 23.7. The molecule has 0 aromatic heterocycles. The minimum Gasteiger partial charge on any atom is -0.330 e. The number of rotatable bonds is 2. The molecule has 0 aromatic carbocycles. The first-order valence-electron chi connectivity index (χ1n) is 4.19. The number of nitrogens with two attached hydrogens (primary N) is 1. The Morgan fingerprint density at radius 1 is 1.42 bits per heavy atom. The summed E-state index contributed by atoms with van der Waals surface area (Å²) in [5.41, 5.74) is 5.51. The van der Waals surface area contributed by atoms with Gasteiger partial charge in [-0.15, -0.1) is 0 Å². The van der Waals surface area contributed by atoms with Crippen LogP contribution in [0.2, 0.25) is 0 Å². The monoisotopic (exact) mass is 190 g/mol. The van der Waals surface area contributed by atoms with Crippen molar-refractivity contribution in [2.45, 2.75) is 0 Å². The highest BCUT2D eigenvalue weighted by Crippen LogP contribution is 2.51. The van der Waals surface area contributed by atoms with E-state index in [1.165, 1.54) is 6.26 Å². The van der Waals surface area contributed by atoms with E-state index in [1.807, 2.05) is 0 Å². The summed E-state index contributed by atoms with van der Waals surface area (Å²) in [6.45, 7) is 2.11. The predicted octanol–water partition coefficient (Wildman–Crippen LogP) is -0.917. The molecule has 1 aliphatic carbocycles. The van der Waals surface area contributed by atoms with Crippen LogP contribution in [0.25, 0.3) is 0 Å². The fraction of sp³-hybridized carbons (Fsp3) is 1.00. The maximum atomic E-state index is 11.1. The van der Waals surface area contributed by atoms with Gasteiger partial charge in [-0.05, 0) is 24.3 Å². The molecule has 0 amide bonds. The fourth-order valence-electron chi connectivity index (χ4n) is 2.23. The van der Waals surface area contributed by atoms with Gasteiger partial charge in [-0.25, -0.2) is 12.7 Å². The number of fused-ring (bicyclic) bond motifs is 1. The molecule has 0 spiro atoms. The molecule has 1 saturated heterocycles. The summed E-state index contributed by atoms with van der Waals surface area (Å²) in [5, 5.41) is 0. The Hall–Kier alpha value is -0.130. The Labute approximate surface area is 72.8 Å². The molecular weight excluding hydrogens is 176 g/mol. The van der Waals surface area contributed by atoms with Gasteiger partial charge in [-0.3, -0.25) is 0 Å². The molecule has 12 heavy (non-hydrogen) atoms. The maximum Gasteiger partial charge on any atom is 0.211 e. The number of piperidine rings is 1. The molecule has 2 unspecified atom stereocenters. The average Bonchev–Trinajstić information content (AvgIpc) is 2.39. The van der Waals surface area contributed by atoms with Crippen LogP contribution in [0, 0.1) is 17.8 Å². The number of hydrogen-bond acceptors (Lipinski definition) is 3. The van der Waals surface area contributed by atoms with E-state index >= 15 is 0 Å². The van der Waals surface area contributed by atoms with Crippen molar-refractivity contribution in [3.05, 3.63) is 0 Å². The summed E-state index contributed by atoms with van der Waals surface area (Å²) >= 11 is 0. The molecule has 4 nitrogen and oxygen atoms in total. The molecule has 2 fully saturated rings. The van der Waals surface area contributed by atoms with Gasteiger partial charge in [0, 0.05) is 13.1 Å². The average molecular weight is 190 g/mol. The summed E-state index contributed by atoms with van der Waals surface area (Å²) in [5.74, 6) is 1.72. The predicted molar refractivity (Wildman–Crippen MR) is 45.9 cm³/mol. The minimum atomic E-state index is -2.94. The Balaban J connectivity index is 1.99. The second-order valence-corrected chi connectivity index (χ2v) is 5.79. The van der Waals surface area contributed by atoms with E-state index in [1.54, 1.807) is 4.31 Å². The Kier molecular flexibility index (Phi) is 1.72. The molecular formula is C7H14N2O2S. The lowest BCUT2D eigenvalue weighted by Crippen LogP contribution is -2.31. The van der Waals surface area contributed by atoms with Crippen molar-refractivity contribution in [2.24, 2.45) is 23.5 Å². The van der Waals surface area contributed by atoms with Crippen LogP contribution < -0.4 is 5.73 Å². The van der Waals surface area contributed by atoms with Gasteiger partial charge in [0.15, 0.2) is 0 Å². The number of nitrogens with zero attached hydrogens (tertiary/aromatic N) is 1. The van der Waals surface area contributed by atoms with Crippen LogP contribution in [-0.4, -0.2) is 38.6 Å². The lowest BCUT2D eigenvalue weighted by atomic mass is 10.3. The zero-order valence-electron chi connectivity index (χ0n) is 7.10. The van der Waals surface area contributed by atoms with Crippen LogP contribution in [0.5, 0.6) is 0 Å². The van der Waals surface area contributed by atoms with Crippen molar-refractivity contribution in [3.63, 3.8) is 0 Å². The molecule has 0 bridgehead atoms. The highest BCUT2D eigenvalue weighted by atomic mass is 32.2. The molecule has 5 heteroatoms. The van der Waals surface area contributed by atoms with Gasteiger partial charge >= 0.3 is 0 Å². The first-order chi connectivity index (χ1) is 5.54. The lowest BCUT2D eigenvalue weighted by molar-refractivity contribution is 0.417. The third-order valence-corrected chi connectivity index (χ3v) is 4.32. The van der Waals surface area contributed by atoms with Crippen LogP contribution in [0.1, 0.15) is 0 Å². The summed E-state index contributed by atoms with van der Waals surface area (Å²) in [6, 6.07) is 0. The van der Waals surface area contributed by atoms with E-state index in [4.69, 9.17) is 5.73 Å². The second-order valence-electron chi connectivity index (χ2n) is 3.81. The van der Waals surface area contributed by atoms with E-state index in [9.17, 15) is 8.42 Å². The van der Waals surface area contributed by atoms with E-state index in [2.05, 4.69) is 0 Å². The number of hydrogen-bond donors (Lipinski definition) is 1. The van der Waals surface area contributed by atoms with Crippen LogP contribution in [0.3, 0.4) is 0 Å². The molecule has 2 N–H and O–H groups in total. The molecule has 0 radical (unpaired) electrons. The van der Waals surface area contributed by atoms with Crippen LogP contribution in [0.4, 0.5) is 0 Å². The van der Waals surface area contributed by atoms with Gasteiger partial charge < -0.3 is 5.73 Å². The highest BCUT2D eigenvalue weighted by molar-refractivity contribution is 7.88. The van der Waals surface area contributed by atoms with Gasteiger partial charge in [0.2, 0.25) is 10.0 Å². The summed E-state index contributed by atoms with van der Waals surface area (Å²) in [7, 11) is -2.94. The van der Waals surface area contributed by atoms with Crippen molar-refractivity contribution >= 4 is 10.0 Å². The fourth-order valence-corrected chi connectivity index (χ4v) is 3.12. The standard InChI is InChI=1S/C7H14N2O2S/c1-12(10,11)9-3-6-5(2-8)7(6)4-9/h5-7H,2-4,8H2,1H3. The zero-order valence-corrected chi connectivity index (χ0v) is 7.92. The van der Waals surface area contributed by atoms with Crippen molar-refractivity contribution in [2.75, 3.05) is 25.9 Å². The topological polar surface area (TPSA) is 63.4 Å². The van der Waals surface area contributed by atoms with Gasteiger partial charge in [0.05, 0.1) is 6.26 Å². The van der Waals surface area contributed by atoms with E-state index < -0.39 is 10.0 Å².